The van der Waals surface area contributed by atoms with Gasteiger partial charge >= 0.3 is 0 Å². The minimum absolute atomic E-state index is 0.00821. The first-order chi connectivity index (χ1) is 12.6. The highest BCUT2D eigenvalue weighted by molar-refractivity contribution is 5.93. The van der Waals surface area contributed by atoms with Crippen molar-refractivity contribution in [2.45, 2.75) is 45.7 Å². The molecule has 1 aliphatic rings. The zero-order valence-electron chi connectivity index (χ0n) is 15.4. The fraction of sp³-hybridized carbons (Fsp3) is 0.450. The van der Waals surface area contributed by atoms with Crippen LogP contribution in [0.5, 0.6) is 0 Å². The molecule has 1 aromatic heterocycles. The highest BCUT2D eigenvalue weighted by Gasteiger charge is 2.32. The molecule has 2 amide bonds. The van der Waals surface area contributed by atoms with Crippen molar-refractivity contribution >= 4 is 11.8 Å². The number of rotatable bonds is 5. The number of benzene rings is 1. The summed E-state index contributed by atoms with van der Waals surface area (Å²) < 4.78 is 5.30. The summed E-state index contributed by atoms with van der Waals surface area (Å²) in [6.45, 7) is 5.49. The van der Waals surface area contributed by atoms with Gasteiger partial charge < -0.3 is 14.2 Å². The van der Waals surface area contributed by atoms with Crippen molar-refractivity contribution < 1.29 is 14.0 Å². The summed E-state index contributed by atoms with van der Waals surface area (Å²) in [5, 5.41) is 0. The summed E-state index contributed by atoms with van der Waals surface area (Å²) in [7, 11) is 0. The van der Waals surface area contributed by atoms with Crippen molar-refractivity contribution in [1.29, 1.82) is 0 Å². The third kappa shape index (κ3) is 3.79. The molecule has 0 bridgehead atoms. The number of oxazole rings is 1. The van der Waals surface area contributed by atoms with Gasteiger partial charge in [0.2, 0.25) is 5.91 Å². The van der Waals surface area contributed by atoms with Crippen molar-refractivity contribution in [2.24, 2.45) is 0 Å². The average molecular weight is 355 g/mol. The second-order valence-corrected chi connectivity index (χ2v) is 6.55. The molecule has 1 aromatic carbocycles. The summed E-state index contributed by atoms with van der Waals surface area (Å²) in [4.78, 5) is 33.4. The van der Waals surface area contributed by atoms with Crippen molar-refractivity contribution in [1.82, 2.24) is 14.8 Å². The highest BCUT2D eigenvalue weighted by atomic mass is 16.3. The molecule has 0 N–H and O–H groups in total. The predicted molar refractivity (Wildman–Crippen MR) is 97.5 cm³/mol. The predicted octanol–water partition coefficient (Wildman–Crippen LogP) is 2.89. The van der Waals surface area contributed by atoms with E-state index in [4.69, 9.17) is 4.42 Å². The van der Waals surface area contributed by atoms with Gasteiger partial charge in [0, 0.05) is 38.5 Å². The maximum atomic E-state index is 12.9. The molecule has 2 aromatic rings. The summed E-state index contributed by atoms with van der Waals surface area (Å²) in [5.74, 6) is 0.537. The molecule has 26 heavy (non-hydrogen) atoms. The van der Waals surface area contributed by atoms with E-state index in [-0.39, 0.29) is 17.9 Å². The van der Waals surface area contributed by atoms with Crippen LogP contribution in [0.2, 0.25) is 0 Å². The molecule has 138 valence electrons. The first-order valence-corrected chi connectivity index (χ1v) is 9.19. The topological polar surface area (TPSA) is 66.7 Å². The van der Waals surface area contributed by atoms with Gasteiger partial charge in [-0.15, -0.1) is 0 Å². The second kappa shape index (κ2) is 8.17. The van der Waals surface area contributed by atoms with Gasteiger partial charge in [-0.3, -0.25) is 9.59 Å². The third-order valence-electron chi connectivity index (χ3n) is 4.91. The molecule has 0 saturated carbocycles. The molecule has 3 rings (SSSR count). The Morgan fingerprint density at radius 3 is 2.73 bits per heavy atom. The van der Waals surface area contributed by atoms with E-state index in [0.29, 0.717) is 43.9 Å². The number of hydrogen-bond donors (Lipinski definition) is 0. The summed E-state index contributed by atoms with van der Waals surface area (Å²) in [5.41, 5.74) is 1.47. The van der Waals surface area contributed by atoms with Gasteiger partial charge in [0.1, 0.15) is 5.76 Å². The number of aromatic nitrogens is 1. The smallest absolute Gasteiger partial charge is 0.276 e. The monoisotopic (exact) mass is 355 g/mol. The molecule has 1 atom stereocenters. The summed E-state index contributed by atoms with van der Waals surface area (Å²) in [6.07, 6.45) is 3.05. The van der Waals surface area contributed by atoms with Crippen molar-refractivity contribution in [3.63, 3.8) is 0 Å². The van der Waals surface area contributed by atoms with Crippen LogP contribution in [0, 0.1) is 0 Å². The zero-order valence-corrected chi connectivity index (χ0v) is 15.4. The molecule has 1 saturated heterocycles. The molecule has 6 nitrogen and oxygen atoms in total. The van der Waals surface area contributed by atoms with E-state index in [1.54, 1.807) is 4.90 Å². The molecule has 0 aliphatic carbocycles. The van der Waals surface area contributed by atoms with E-state index in [2.05, 4.69) is 11.9 Å². The van der Waals surface area contributed by atoms with E-state index in [0.717, 1.165) is 12.0 Å². The Morgan fingerprint density at radius 2 is 2.04 bits per heavy atom. The lowest BCUT2D eigenvalue weighted by Gasteiger charge is -2.31. The van der Waals surface area contributed by atoms with Crippen LogP contribution >= 0.6 is 0 Å². The van der Waals surface area contributed by atoms with Crippen LogP contribution in [0.15, 0.2) is 41.1 Å². The number of aryl methyl sites for hydroxylation is 1. The number of nitrogens with zero attached hydrogens (tertiary/aromatic N) is 3. The Kier molecular flexibility index (Phi) is 5.71. The lowest BCUT2D eigenvalue weighted by Crippen LogP contribution is -2.44. The van der Waals surface area contributed by atoms with Crippen LogP contribution in [0.3, 0.4) is 0 Å². The average Bonchev–Trinajstić information content (AvgIpc) is 3.09. The minimum atomic E-state index is -0.150. The molecule has 0 spiro atoms. The van der Waals surface area contributed by atoms with Gasteiger partial charge in [-0.05, 0) is 12.0 Å². The molecular formula is C20H25N3O3. The quantitative estimate of drug-likeness (QED) is 0.827. The number of carbonyl (C=O) groups excluding carboxylic acids is 2. The Morgan fingerprint density at radius 1 is 1.27 bits per heavy atom. The molecule has 0 radical (unpaired) electrons. The van der Waals surface area contributed by atoms with Crippen molar-refractivity contribution in [3.05, 3.63) is 53.7 Å². The SMILES string of the molecule is CCc1ocnc1C(=O)N1CCC(=O)N(Cc2ccccc2)[C@@H](CC)C1. The molecule has 6 heteroatoms. The molecule has 2 heterocycles. The van der Waals surface area contributed by atoms with Crippen molar-refractivity contribution in [3.8, 4) is 0 Å². The highest BCUT2D eigenvalue weighted by Crippen LogP contribution is 2.20. The van der Waals surface area contributed by atoms with Crippen LogP contribution in [0.4, 0.5) is 0 Å². The normalized spacial score (nSPS) is 18.1. The Hall–Kier alpha value is -2.63. The molecule has 1 aliphatic heterocycles. The Labute approximate surface area is 153 Å². The standard InChI is InChI=1S/C20H25N3O3/c1-3-16-13-22(20(25)19-17(4-2)26-14-21-19)11-10-18(24)23(16)12-15-8-6-5-7-9-15/h5-9,14,16H,3-4,10-13H2,1-2H3/t16-/m0/s1. The molecule has 1 fully saturated rings. The van der Waals surface area contributed by atoms with E-state index in [9.17, 15) is 9.59 Å². The first-order valence-electron chi connectivity index (χ1n) is 9.19. The molecule has 0 unspecified atom stereocenters. The maximum Gasteiger partial charge on any atom is 0.276 e. The Bertz CT molecular complexity index is 757. The number of hydrogen-bond acceptors (Lipinski definition) is 4. The van der Waals surface area contributed by atoms with Crippen LogP contribution in [0.25, 0.3) is 0 Å². The zero-order chi connectivity index (χ0) is 18.5. The summed E-state index contributed by atoms with van der Waals surface area (Å²) in [6, 6.07) is 9.96. The van der Waals surface area contributed by atoms with E-state index in [1.807, 2.05) is 42.2 Å². The largest absolute Gasteiger partial charge is 0.448 e. The lowest BCUT2D eigenvalue weighted by atomic mass is 10.1. The van der Waals surface area contributed by atoms with Crippen LogP contribution in [-0.2, 0) is 17.8 Å². The number of carbonyl (C=O) groups is 2. The fourth-order valence-corrected chi connectivity index (χ4v) is 3.40. The molecular weight excluding hydrogens is 330 g/mol. The van der Waals surface area contributed by atoms with Crippen molar-refractivity contribution in [2.75, 3.05) is 13.1 Å². The van der Waals surface area contributed by atoms with Crippen LogP contribution < -0.4 is 0 Å². The third-order valence-corrected chi connectivity index (χ3v) is 4.91. The van der Waals surface area contributed by atoms with Gasteiger partial charge in [-0.25, -0.2) is 4.98 Å². The Balaban J connectivity index is 1.79. The van der Waals surface area contributed by atoms with E-state index in [1.165, 1.54) is 6.39 Å². The maximum absolute atomic E-state index is 12.9. The van der Waals surface area contributed by atoms with Crippen LogP contribution in [0.1, 0.15) is 48.5 Å². The van der Waals surface area contributed by atoms with Gasteiger partial charge in [0.25, 0.3) is 5.91 Å². The van der Waals surface area contributed by atoms with E-state index >= 15 is 0 Å². The second-order valence-electron chi connectivity index (χ2n) is 6.55. The fourth-order valence-electron chi connectivity index (χ4n) is 3.40. The van der Waals surface area contributed by atoms with Crippen LogP contribution in [-0.4, -0.2) is 45.7 Å². The lowest BCUT2D eigenvalue weighted by molar-refractivity contribution is -0.133. The summed E-state index contributed by atoms with van der Waals surface area (Å²) >= 11 is 0. The minimum Gasteiger partial charge on any atom is -0.448 e. The van der Waals surface area contributed by atoms with Gasteiger partial charge in [0.05, 0.1) is 0 Å². The van der Waals surface area contributed by atoms with Gasteiger partial charge in [-0.1, -0.05) is 44.2 Å². The number of amides is 2. The van der Waals surface area contributed by atoms with Gasteiger partial charge in [-0.2, -0.15) is 0 Å². The first kappa shape index (κ1) is 18.2. The van der Waals surface area contributed by atoms with E-state index < -0.39 is 0 Å². The van der Waals surface area contributed by atoms with Gasteiger partial charge in [0.15, 0.2) is 12.1 Å².